The first-order chi connectivity index (χ1) is 14.1. The summed E-state index contributed by atoms with van der Waals surface area (Å²) >= 11 is 0. The summed E-state index contributed by atoms with van der Waals surface area (Å²) in [5, 5.41) is 17.7. The predicted molar refractivity (Wildman–Crippen MR) is 102 cm³/mol. The molecule has 0 fully saturated rings. The van der Waals surface area contributed by atoms with Crippen LogP contribution in [0.5, 0.6) is 0 Å². The van der Waals surface area contributed by atoms with Crippen LogP contribution in [0.3, 0.4) is 0 Å². The topological polar surface area (TPSA) is 103 Å². The van der Waals surface area contributed by atoms with Crippen molar-refractivity contribution < 1.29 is 22.9 Å². The van der Waals surface area contributed by atoms with Gasteiger partial charge in [0.05, 0.1) is 21.7 Å². The zero-order valence-corrected chi connectivity index (χ0v) is 15.4. The molecule has 3 rings (SSSR count). The molecule has 2 aromatic heterocycles. The van der Waals surface area contributed by atoms with Crippen LogP contribution in [0.1, 0.15) is 16.8 Å². The zero-order valence-electron chi connectivity index (χ0n) is 15.4. The molecule has 11 heteroatoms. The Kier molecular flexibility index (Phi) is 5.63. The normalized spacial score (nSPS) is 11.6. The quantitative estimate of drug-likeness (QED) is 0.382. The maximum absolute atomic E-state index is 12.7. The highest BCUT2D eigenvalue weighted by Gasteiger charge is 2.30. The van der Waals surface area contributed by atoms with Gasteiger partial charge >= 0.3 is 6.18 Å². The first-order valence-electron chi connectivity index (χ1n) is 8.48. The van der Waals surface area contributed by atoms with Crippen LogP contribution in [0.4, 0.5) is 24.7 Å². The SMILES string of the molecule is Cc1cc(NC(=O)C=Cc2ccccc2[N+](=O)[O-])n(-c2ccc(C(F)(F)F)cn2)n1. The summed E-state index contributed by atoms with van der Waals surface area (Å²) in [7, 11) is 0. The van der Waals surface area contributed by atoms with Gasteiger partial charge in [-0.25, -0.2) is 4.98 Å². The second kappa shape index (κ2) is 8.15. The average Bonchev–Trinajstić information content (AvgIpc) is 3.06. The highest BCUT2D eigenvalue weighted by atomic mass is 19.4. The smallest absolute Gasteiger partial charge is 0.307 e. The van der Waals surface area contributed by atoms with Crippen LogP contribution in [0.15, 0.2) is 54.7 Å². The number of alkyl halides is 3. The molecule has 1 N–H and O–H groups in total. The number of hydrogen-bond acceptors (Lipinski definition) is 5. The molecule has 2 heterocycles. The van der Waals surface area contributed by atoms with Crippen LogP contribution in [0.2, 0.25) is 0 Å². The van der Waals surface area contributed by atoms with Gasteiger partial charge in [0, 0.05) is 24.4 Å². The number of anilines is 1. The molecule has 0 saturated heterocycles. The first kappa shape index (κ1) is 20.7. The number of aromatic nitrogens is 3. The van der Waals surface area contributed by atoms with E-state index < -0.39 is 22.6 Å². The van der Waals surface area contributed by atoms with E-state index in [1.165, 1.54) is 35.0 Å². The third kappa shape index (κ3) is 4.69. The lowest BCUT2D eigenvalue weighted by molar-refractivity contribution is -0.385. The van der Waals surface area contributed by atoms with Gasteiger partial charge in [0.15, 0.2) is 5.82 Å². The zero-order chi connectivity index (χ0) is 21.9. The third-order valence-electron chi connectivity index (χ3n) is 3.92. The van der Waals surface area contributed by atoms with Crippen LogP contribution < -0.4 is 5.32 Å². The van der Waals surface area contributed by atoms with Gasteiger partial charge in [-0.2, -0.15) is 23.0 Å². The summed E-state index contributed by atoms with van der Waals surface area (Å²) in [6.45, 7) is 1.64. The van der Waals surface area contributed by atoms with Crippen LogP contribution in [0, 0.1) is 17.0 Å². The van der Waals surface area contributed by atoms with E-state index >= 15 is 0 Å². The number of nitro benzene ring substituents is 1. The van der Waals surface area contributed by atoms with Crippen molar-refractivity contribution in [2.45, 2.75) is 13.1 Å². The number of pyridine rings is 1. The number of benzene rings is 1. The van der Waals surface area contributed by atoms with Gasteiger partial charge in [0.2, 0.25) is 5.91 Å². The number of hydrogen-bond donors (Lipinski definition) is 1. The number of rotatable bonds is 5. The van der Waals surface area contributed by atoms with E-state index in [0.29, 0.717) is 11.9 Å². The van der Waals surface area contributed by atoms with Gasteiger partial charge in [-0.05, 0) is 31.2 Å². The number of para-hydroxylation sites is 1. The number of aryl methyl sites for hydroxylation is 1. The molecule has 3 aromatic rings. The molecule has 0 bridgehead atoms. The van der Waals surface area contributed by atoms with E-state index in [0.717, 1.165) is 18.2 Å². The Hall–Kier alpha value is -4.02. The maximum Gasteiger partial charge on any atom is 0.417 e. The molecule has 0 unspecified atom stereocenters. The molecule has 0 aliphatic carbocycles. The molecule has 30 heavy (non-hydrogen) atoms. The Morgan fingerprint density at radius 3 is 2.60 bits per heavy atom. The molecule has 8 nitrogen and oxygen atoms in total. The second-order valence-corrected chi connectivity index (χ2v) is 6.12. The van der Waals surface area contributed by atoms with E-state index in [4.69, 9.17) is 0 Å². The lowest BCUT2D eigenvalue weighted by Gasteiger charge is -2.09. The van der Waals surface area contributed by atoms with Crippen LogP contribution in [-0.2, 0) is 11.0 Å². The highest BCUT2D eigenvalue weighted by molar-refractivity contribution is 6.01. The molecule has 0 aliphatic rings. The van der Waals surface area contributed by atoms with E-state index in [1.807, 2.05) is 0 Å². The first-order valence-corrected chi connectivity index (χ1v) is 8.48. The van der Waals surface area contributed by atoms with E-state index in [2.05, 4.69) is 15.4 Å². The number of carbonyl (C=O) groups is 1. The number of halogens is 3. The summed E-state index contributed by atoms with van der Waals surface area (Å²) in [5.41, 5.74) is -0.328. The van der Waals surface area contributed by atoms with Gasteiger partial charge in [-0.1, -0.05) is 12.1 Å². The fourth-order valence-electron chi connectivity index (χ4n) is 2.57. The molecular weight excluding hydrogens is 403 g/mol. The molecule has 1 aromatic carbocycles. The van der Waals surface area contributed by atoms with Crippen molar-refractivity contribution in [3.05, 3.63) is 81.7 Å². The van der Waals surface area contributed by atoms with Gasteiger partial charge in [-0.15, -0.1) is 0 Å². The fraction of sp³-hybridized carbons (Fsp3) is 0.105. The summed E-state index contributed by atoms with van der Waals surface area (Å²) in [4.78, 5) is 26.5. The minimum Gasteiger partial charge on any atom is -0.307 e. The predicted octanol–water partition coefficient (Wildman–Crippen LogP) is 4.15. The Balaban J connectivity index is 1.81. The third-order valence-corrected chi connectivity index (χ3v) is 3.92. The minimum absolute atomic E-state index is 0.0778. The van der Waals surface area contributed by atoms with Crippen LogP contribution >= 0.6 is 0 Å². The fourth-order valence-corrected chi connectivity index (χ4v) is 2.57. The van der Waals surface area contributed by atoms with Gasteiger partial charge < -0.3 is 5.32 Å². The standard InChI is InChI=1S/C19H14F3N5O3/c1-12-10-17(26(25-12)16-8-7-14(11-23-16)19(20,21)22)24-18(28)9-6-13-4-2-3-5-15(13)27(29)30/h2-11H,1H3,(H,24,28). The Morgan fingerprint density at radius 2 is 1.97 bits per heavy atom. The summed E-state index contributed by atoms with van der Waals surface area (Å²) in [6.07, 6.45) is -1.45. The molecule has 0 aliphatic heterocycles. The van der Waals surface area contributed by atoms with Crippen molar-refractivity contribution in [3.8, 4) is 5.82 Å². The Bertz CT molecular complexity index is 1120. The summed E-state index contributed by atoms with van der Waals surface area (Å²) in [6, 6.07) is 9.41. The number of carbonyl (C=O) groups excluding carboxylic acids is 1. The lowest BCUT2D eigenvalue weighted by Crippen LogP contribution is -2.13. The van der Waals surface area contributed by atoms with Crippen LogP contribution in [0.25, 0.3) is 11.9 Å². The average molecular weight is 417 g/mol. The molecule has 0 radical (unpaired) electrons. The van der Waals surface area contributed by atoms with E-state index in [9.17, 15) is 28.1 Å². The van der Waals surface area contributed by atoms with Crippen molar-refractivity contribution in [3.63, 3.8) is 0 Å². The van der Waals surface area contributed by atoms with Crippen molar-refractivity contribution in [2.75, 3.05) is 5.32 Å². The minimum atomic E-state index is -4.52. The Morgan fingerprint density at radius 1 is 1.23 bits per heavy atom. The molecule has 0 spiro atoms. The number of amides is 1. The monoisotopic (exact) mass is 417 g/mol. The maximum atomic E-state index is 12.7. The van der Waals surface area contributed by atoms with Crippen molar-refractivity contribution in [1.82, 2.24) is 14.8 Å². The van der Waals surface area contributed by atoms with Gasteiger partial charge in [-0.3, -0.25) is 14.9 Å². The van der Waals surface area contributed by atoms with Crippen LogP contribution in [-0.4, -0.2) is 25.6 Å². The van der Waals surface area contributed by atoms with Gasteiger partial charge in [0.1, 0.15) is 5.82 Å². The number of nitrogens with one attached hydrogen (secondary N) is 1. The van der Waals surface area contributed by atoms with E-state index in [1.54, 1.807) is 13.0 Å². The van der Waals surface area contributed by atoms with Crippen molar-refractivity contribution in [1.29, 1.82) is 0 Å². The summed E-state index contributed by atoms with van der Waals surface area (Å²) < 4.78 is 39.3. The summed E-state index contributed by atoms with van der Waals surface area (Å²) in [5.74, 6) is -0.354. The van der Waals surface area contributed by atoms with Crippen molar-refractivity contribution >= 4 is 23.5 Å². The molecule has 0 saturated carbocycles. The van der Waals surface area contributed by atoms with Gasteiger partial charge in [0.25, 0.3) is 5.69 Å². The molecular formula is C19H14F3N5O3. The highest BCUT2D eigenvalue weighted by Crippen LogP contribution is 2.29. The number of nitro groups is 1. The lowest BCUT2D eigenvalue weighted by atomic mass is 10.1. The molecule has 0 atom stereocenters. The largest absolute Gasteiger partial charge is 0.417 e. The Labute approximate surface area is 167 Å². The second-order valence-electron chi connectivity index (χ2n) is 6.12. The molecule has 154 valence electrons. The van der Waals surface area contributed by atoms with E-state index in [-0.39, 0.29) is 22.9 Å². The number of nitrogens with zero attached hydrogens (tertiary/aromatic N) is 4. The molecule has 1 amide bonds. The van der Waals surface area contributed by atoms with Crippen molar-refractivity contribution in [2.24, 2.45) is 0 Å².